The van der Waals surface area contributed by atoms with E-state index in [2.05, 4.69) is 25.9 Å². The van der Waals surface area contributed by atoms with Crippen LogP contribution in [0.4, 0.5) is 16.3 Å². The van der Waals surface area contributed by atoms with Crippen molar-refractivity contribution in [1.29, 1.82) is 0 Å². The summed E-state index contributed by atoms with van der Waals surface area (Å²) in [6, 6.07) is 10.3. The van der Waals surface area contributed by atoms with E-state index in [1.807, 2.05) is 0 Å². The number of anilines is 2. The van der Waals surface area contributed by atoms with Gasteiger partial charge in [-0.1, -0.05) is 35.0 Å². The van der Waals surface area contributed by atoms with Gasteiger partial charge in [-0.2, -0.15) is 0 Å². The number of hydrogen-bond acceptors (Lipinski definition) is 7. The van der Waals surface area contributed by atoms with E-state index in [4.69, 9.17) is 21.4 Å². The molecule has 1 aromatic carbocycles. The third-order valence-electron chi connectivity index (χ3n) is 4.11. The molecule has 3 N–H and O–H groups in total. The molecular weight excluding hydrogens is 412 g/mol. The van der Waals surface area contributed by atoms with Crippen molar-refractivity contribution in [3.05, 3.63) is 53.2 Å². The van der Waals surface area contributed by atoms with Crippen LogP contribution in [0.1, 0.15) is 18.6 Å². The van der Waals surface area contributed by atoms with Crippen molar-refractivity contribution >= 4 is 35.1 Å². The molecule has 0 bridgehead atoms. The number of benzene rings is 1. The van der Waals surface area contributed by atoms with E-state index in [9.17, 15) is 9.59 Å². The van der Waals surface area contributed by atoms with E-state index in [0.29, 0.717) is 27.7 Å². The molecule has 0 aliphatic heterocycles. The Labute approximate surface area is 176 Å². The molecule has 0 radical (unpaired) electrons. The van der Waals surface area contributed by atoms with Gasteiger partial charge in [-0.3, -0.25) is 15.1 Å². The highest BCUT2D eigenvalue weighted by Crippen LogP contribution is 2.27. The minimum Gasteiger partial charge on any atom is -0.441 e. The van der Waals surface area contributed by atoms with Crippen LogP contribution in [0, 0.1) is 0 Å². The zero-order valence-electron chi connectivity index (χ0n) is 16.2. The summed E-state index contributed by atoms with van der Waals surface area (Å²) in [6.07, 6.45) is 0.121. The number of aromatic nitrogens is 4. The highest BCUT2D eigenvalue weighted by Gasteiger charge is 2.20. The van der Waals surface area contributed by atoms with Crippen molar-refractivity contribution in [3.8, 4) is 11.4 Å². The summed E-state index contributed by atoms with van der Waals surface area (Å²) in [6.45, 7) is 1.08. The predicted molar refractivity (Wildman–Crippen MR) is 110 cm³/mol. The number of ether oxygens (including phenoxy) is 1. The molecule has 3 rings (SSSR count). The lowest BCUT2D eigenvalue weighted by Gasteiger charge is -2.15. The van der Waals surface area contributed by atoms with Gasteiger partial charge in [-0.15, -0.1) is 5.10 Å². The zero-order chi connectivity index (χ0) is 21.7. The van der Waals surface area contributed by atoms with Gasteiger partial charge >= 0.3 is 6.09 Å². The summed E-state index contributed by atoms with van der Waals surface area (Å²) in [5, 5.41) is 22.3. The summed E-state index contributed by atoms with van der Waals surface area (Å²) in [4.78, 5) is 27.9. The smallest absolute Gasteiger partial charge is 0.413 e. The summed E-state index contributed by atoms with van der Waals surface area (Å²) in [5.41, 5.74) is 1.82. The van der Waals surface area contributed by atoms with Crippen LogP contribution in [-0.4, -0.2) is 43.7 Å². The van der Waals surface area contributed by atoms with Crippen LogP contribution in [0.5, 0.6) is 0 Å². The van der Waals surface area contributed by atoms with Crippen molar-refractivity contribution in [2.24, 2.45) is 7.05 Å². The highest BCUT2D eigenvalue weighted by molar-refractivity contribution is 6.31. The fourth-order valence-electron chi connectivity index (χ4n) is 2.63. The Morgan fingerprint density at radius 2 is 2.00 bits per heavy atom. The molecule has 3 aromatic rings. The molecule has 30 heavy (non-hydrogen) atoms. The molecule has 10 nitrogen and oxygen atoms in total. The van der Waals surface area contributed by atoms with Crippen LogP contribution in [0.25, 0.3) is 11.4 Å². The number of carbonyl (C=O) groups is 2. The van der Waals surface area contributed by atoms with Gasteiger partial charge in [-0.25, -0.2) is 9.48 Å². The first kappa shape index (κ1) is 21.2. The zero-order valence-corrected chi connectivity index (χ0v) is 16.9. The number of halogens is 1. The number of rotatable bonds is 6. The largest absolute Gasteiger partial charge is 0.441 e. The lowest BCUT2D eigenvalue weighted by atomic mass is 10.1. The monoisotopic (exact) mass is 430 g/mol. The first-order valence-electron chi connectivity index (χ1n) is 8.88. The first-order chi connectivity index (χ1) is 14.4. The molecule has 2 heterocycles. The third-order valence-corrected chi connectivity index (χ3v) is 4.45. The second kappa shape index (κ2) is 9.33. The quantitative estimate of drug-likeness (QED) is 0.547. The Hall–Kier alpha value is -3.50. The van der Waals surface area contributed by atoms with Crippen LogP contribution >= 0.6 is 11.6 Å². The Morgan fingerprint density at radius 3 is 2.67 bits per heavy atom. The Bertz CT molecular complexity index is 1050. The molecule has 2 aromatic heterocycles. The molecule has 0 saturated heterocycles. The molecule has 1 atom stereocenters. The van der Waals surface area contributed by atoms with Crippen LogP contribution in [0.15, 0.2) is 42.6 Å². The van der Waals surface area contributed by atoms with Gasteiger partial charge in [0.1, 0.15) is 12.7 Å². The molecule has 0 saturated carbocycles. The van der Waals surface area contributed by atoms with Crippen LogP contribution in [0.3, 0.4) is 0 Å². The second-order valence-corrected chi connectivity index (χ2v) is 6.65. The van der Waals surface area contributed by atoms with Gasteiger partial charge in [-0.05, 0) is 25.1 Å². The van der Waals surface area contributed by atoms with E-state index in [1.54, 1.807) is 50.4 Å². The lowest BCUT2D eigenvalue weighted by Crippen LogP contribution is -2.18. The normalized spacial score (nSPS) is 11.6. The van der Waals surface area contributed by atoms with E-state index < -0.39 is 24.7 Å². The van der Waals surface area contributed by atoms with E-state index in [0.717, 1.165) is 0 Å². The van der Waals surface area contributed by atoms with E-state index >= 15 is 0 Å². The molecule has 2 amide bonds. The van der Waals surface area contributed by atoms with Crippen LogP contribution < -0.4 is 10.6 Å². The van der Waals surface area contributed by atoms with Gasteiger partial charge in [0.05, 0.1) is 17.6 Å². The molecule has 0 spiro atoms. The number of nitrogens with one attached hydrogen (secondary N) is 2. The van der Waals surface area contributed by atoms with Crippen LogP contribution in [0.2, 0.25) is 5.02 Å². The number of amides is 2. The minimum atomic E-state index is -0.708. The fraction of sp³-hybridized carbons (Fsp3) is 0.211. The number of aliphatic hydroxyl groups is 1. The molecule has 0 aliphatic rings. The fourth-order valence-corrected chi connectivity index (χ4v) is 2.92. The van der Waals surface area contributed by atoms with E-state index in [1.165, 1.54) is 10.9 Å². The Kier molecular flexibility index (Phi) is 6.60. The average molecular weight is 431 g/mol. The van der Waals surface area contributed by atoms with Crippen molar-refractivity contribution in [2.75, 3.05) is 17.2 Å². The van der Waals surface area contributed by atoms with Crippen molar-refractivity contribution in [1.82, 2.24) is 20.0 Å². The number of aliphatic hydroxyl groups excluding tert-OH is 1. The molecular formula is C19H19ClN6O4. The summed E-state index contributed by atoms with van der Waals surface area (Å²) < 4.78 is 6.79. The van der Waals surface area contributed by atoms with Crippen molar-refractivity contribution in [3.63, 3.8) is 0 Å². The van der Waals surface area contributed by atoms with Gasteiger partial charge in [0, 0.05) is 17.6 Å². The summed E-state index contributed by atoms with van der Waals surface area (Å²) >= 11 is 6.15. The van der Waals surface area contributed by atoms with Crippen molar-refractivity contribution < 1.29 is 19.4 Å². The minimum absolute atomic E-state index is 0.283. The highest BCUT2D eigenvalue weighted by atomic mass is 35.5. The maximum atomic E-state index is 12.4. The average Bonchev–Trinajstić information content (AvgIpc) is 3.08. The van der Waals surface area contributed by atoms with Gasteiger partial charge in [0.2, 0.25) is 5.91 Å². The first-order valence-corrected chi connectivity index (χ1v) is 9.25. The van der Waals surface area contributed by atoms with Gasteiger partial charge < -0.3 is 15.2 Å². The van der Waals surface area contributed by atoms with Gasteiger partial charge in [0.25, 0.3) is 0 Å². The number of hydrogen-bond donors (Lipinski definition) is 3. The topological polar surface area (TPSA) is 131 Å². The maximum absolute atomic E-state index is 12.4. The van der Waals surface area contributed by atoms with Crippen molar-refractivity contribution in [2.45, 2.75) is 13.0 Å². The molecule has 0 fully saturated rings. The number of pyridine rings is 1. The Morgan fingerprint density at radius 1 is 1.23 bits per heavy atom. The predicted octanol–water partition coefficient (Wildman–Crippen LogP) is 2.77. The van der Waals surface area contributed by atoms with Gasteiger partial charge in [0.15, 0.2) is 11.5 Å². The van der Waals surface area contributed by atoms with Crippen LogP contribution in [-0.2, 0) is 16.6 Å². The number of carbonyl (C=O) groups excluding carboxylic acids is 2. The SMILES string of the molecule is C[C@@H](OC(=O)Nc1c(-c2ccc(NC(=O)CO)cn2)nnn1C)c1ccccc1Cl. The summed E-state index contributed by atoms with van der Waals surface area (Å²) in [5.74, 6) is -0.271. The van der Waals surface area contributed by atoms with E-state index in [-0.39, 0.29) is 5.82 Å². The number of aryl methyl sites for hydroxylation is 1. The Balaban J connectivity index is 1.73. The number of nitrogens with zero attached hydrogens (tertiary/aromatic N) is 4. The molecule has 0 unspecified atom stereocenters. The summed E-state index contributed by atoms with van der Waals surface area (Å²) in [7, 11) is 1.61. The standard InChI is InChI=1S/C19H19ClN6O4/c1-11(13-5-3-4-6-14(13)20)30-19(29)23-18-17(24-25-26(18)2)15-8-7-12(9-21-15)22-16(28)10-27/h3-9,11,27H,10H2,1-2H3,(H,22,28)(H,23,29)/t11-/m1/s1. The molecule has 156 valence electrons. The second-order valence-electron chi connectivity index (χ2n) is 6.24. The lowest BCUT2D eigenvalue weighted by molar-refractivity contribution is -0.118. The molecule has 0 aliphatic carbocycles. The third kappa shape index (κ3) is 4.91. The maximum Gasteiger partial charge on any atom is 0.413 e. The molecule has 11 heteroatoms.